The average Bonchev–Trinajstić information content (AvgIpc) is 2.02. The van der Waals surface area contributed by atoms with E-state index in [-0.39, 0.29) is 38.8 Å². The number of piperidine rings is 1. The fourth-order valence-electron chi connectivity index (χ4n) is 1.35. The van der Waals surface area contributed by atoms with Gasteiger partial charge in [-0.1, -0.05) is 27.2 Å². The molecule has 0 aromatic carbocycles. The number of nitrogens with one attached hydrogen (secondary N) is 1. The predicted molar refractivity (Wildman–Crippen MR) is 50.7 cm³/mol. The van der Waals surface area contributed by atoms with Crippen LogP contribution in [0.1, 0.15) is 27.2 Å². The molecule has 0 aromatic rings. The minimum Gasteiger partial charge on any atom is -0.674 e. The normalized spacial score (nSPS) is 29.8. The van der Waals surface area contributed by atoms with Crippen LogP contribution >= 0.6 is 0 Å². The fraction of sp³-hybridized carbons (Fsp3) is 1.00. The summed E-state index contributed by atoms with van der Waals surface area (Å²) in [5.74, 6) is 0.573. The van der Waals surface area contributed by atoms with E-state index in [1.165, 1.54) is 0 Å². The first kappa shape index (κ1) is 15.5. The van der Waals surface area contributed by atoms with Gasteiger partial charge in [-0.05, 0) is 26.1 Å². The van der Waals surface area contributed by atoms with Crippen LogP contribution < -0.4 is 0 Å². The molecular formula is C9H21N2Y-. The third-order valence-electron chi connectivity index (χ3n) is 2.11. The molecular weight excluding hydrogens is 225 g/mol. The summed E-state index contributed by atoms with van der Waals surface area (Å²) in [4.78, 5) is 2.30. The molecule has 0 aliphatic carbocycles. The minimum atomic E-state index is 0. The van der Waals surface area contributed by atoms with Crippen LogP contribution in [0.4, 0.5) is 0 Å². The average molecular weight is 246 g/mol. The maximum atomic E-state index is 7.54. The third kappa shape index (κ3) is 5.63. The van der Waals surface area contributed by atoms with Crippen molar-refractivity contribution in [1.29, 1.82) is 0 Å². The van der Waals surface area contributed by atoms with Gasteiger partial charge < -0.3 is 10.6 Å². The van der Waals surface area contributed by atoms with Gasteiger partial charge in [-0.15, -0.1) is 6.04 Å². The second-order valence-corrected chi connectivity index (χ2v) is 3.13. The molecule has 12 heavy (non-hydrogen) atoms. The standard InChI is InChI=1S/C7H15N2.C2H6.Y/c1-6-5-9(2)4-3-7(6)8;1-2;/h6-8H,3-5H2,1-2H3;1-2H3;/q-1;;. The van der Waals surface area contributed by atoms with Crippen molar-refractivity contribution in [2.24, 2.45) is 5.92 Å². The van der Waals surface area contributed by atoms with Gasteiger partial charge in [0.2, 0.25) is 0 Å². The van der Waals surface area contributed by atoms with Gasteiger partial charge >= 0.3 is 0 Å². The Hall–Kier alpha value is 1.02. The van der Waals surface area contributed by atoms with Crippen LogP contribution in [0.2, 0.25) is 0 Å². The van der Waals surface area contributed by atoms with Crippen LogP contribution in [0.5, 0.6) is 0 Å². The number of likely N-dealkylation sites (tertiary alicyclic amines) is 1. The summed E-state index contributed by atoms with van der Waals surface area (Å²) in [7, 11) is 2.13. The van der Waals surface area contributed by atoms with E-state index in [0.29, 0.717) is 5.92 Å². The molecule has 1 rings (SSSR count). The Morgan fingerprint density at radius 2 is 1.83 bits per heavy atom. The quantitative estimate of drug-likeness (QED) is 0.644. The van der Waals surface area contributed by atoms with Gasteiger partial charge in [0, 0.05) is 32.7 Å². The Kier molecular flexibility index (Phi) is 11.1. The van der Waals surface area contributed by atoms with Gasteiger partial charge in [0.1, 0.15) is 0 Å². The van der Waals surface area contributed by atoms with Crippen LogP contribution in [0, 0.1) is 5.92 Å². The molecule has 0 aromatic heterocycles. The van der Waals surface area contributed by atoms with E-state index in [9.17, 15) is 0 Å². The van der Waals surface area contributed by atoms with E-state index in [2.05, 4.69) is 18.9 Å². The van der Waals surface area contributed by atoms with Gasteiger partial charge in [-0.25, -0.2) is 0 Å². The second-order valence-electron chi connectivity index (χ2n) is 3.13. The molecule has 0 saturated carbocycles. The topological polar surface area (TPSA) is 27.0 Å². The fourth-order valence-corrected chi connectivity index (χ4v) is 1.35. The first-order valence-corrected chi connectivity index (χ1v) is 4.60. The van der Waals surface area contributed by atoms with Crippen molar-refractivity contribution in [3.63, 3.8) is 0 Å². The summed E-state index contributed by atoms with van der Waals surface area (Å²) in [6.07, 6.45) is 1.05. The first-order chi connectivity index (χ1) is 5.20. The summed E-state index contributed by atoms with van der Waals surface area (Å²) in [6.45, 7) is 8.38. The molecule has 1 saturated heterocycles. The van der Waals surface area contributed by atoms with Crippen molar-refractivity contribution in [2.75, 3.05) is 20.1 Å². The molecule has 2 nitrogen and oxygen atoms in total. The van der Waals surface area contributed by atoms with Crippen molar-refractivity contribution < 1.29 is 32.7 Å². The molecule has 1 N–H and O–H groups in total. The minimum absolute atomic E-state index is 0. The first-order valence-electron chi connectivity index (χ1n) is 4.60. The molecule has 1 heterocycles. The molecule has 3 heteroatoms. The molecule has 0 bridgehead atoms. The van der Waals surface area contributed by atoms with Crippen LogP contribution in [0.15, 0.2) is 0 Å². The third-order valence-corrected chi connectivity index (χ3v) is 2.11. The molecule has 1 aliphatic heterocycles. The summed E-state index contributed by atoms with van der Waals surface area (Å²) in [6, 6.07) is 0.196. The van der Waals surface area contributed by atoms with E-state index in [1.54, 1.807) is 0 Å². The van der Waals surface area contributed by atoms with E-state index < -0.39 is 0 Å². The van der Waals surface area contributed by atoms with Gasteiger partial charge in [-0.3, -0.25) is 0 Å². The number of hydrogen-bond donors (Lipinski definition) is 0. The molecule has 0 amide bonds. The molecule has 1 radical (unpaired) electrons. The van der Waals surface area contributed by atoms with E-state index in [4.69, 9.17) is 5.73 Å². The van der Waals surface area contributed by atoms with Gasteiger partial charge in [0.15, 0.2) is 0 Å². The predicted octanol–water partition coefficient (Wildman–Crippen LogP) is 2.40. The summed E-state index contributed by atoms with van der Waals surface area (Å²) in [5.41, 5.74) is 7.54. The van der Waals surface area contributed by atoms with Crippen molar-refractivity contribution >= 4 is 0 Å². The van der Waals surface area contributed by atoms with Crippen molar-refractivity contribution in [3.05, 3.63) is 5.73 Å². The van der Waals surface area contributed by atoms with Crippen molar-refractivity contribution in [1.82, 2.24) is 4.90 Å². The molecule has 2 unspecified atom stereocenters. The van der Waals surface area contributed by atoms with E-state index >= 15 is 0 Å². The second kappa shape index (κ2) is 8.61. The Labute approximate surface area is 102 Å². The molecule has 2 atom stereocenters. The van der Waals surface area contributed by atoms with Crippen LogP contribution in [0.3, 0.4) is 0 Å². The molecule has 71 valence electrons. The largest absolute Gasteiger partial charge is 0.674 e. The van der Waals surface area contributed by atoms with Crippen molar-refractivity contribution in [2.45, 2.75) is 33.2 Å². The zero-order chi connectivity index (χ0) is 8.85. The Morgan fingerprint density at radius 3 is 2.17 bits per heavy atom. The monoisotopic (exact) mass is 246 g/mol. The van der Waals surface area contributed by atoms with Gasteiger partial charge in [0.05, 0.1) is 0 Å². The number of hydrogen-bond acceptors (Lipinski definition) is 1. The van der Waals surface area contributed by atoms with Gasteiger partial charge in [0.25, 0.3) is 0 Å². The van der Waals surface area contributed by atoms with Gasteiger partial charge in [-0.2, -0.15) is 0 Å². The van der Waals surface area contributed by atoms with E-state index in [0.717, 1.165) is 19.5 Å². The summed E-state index contributed by atoms with van der Waals surface area (Å²) in [5, 5.41) is 0. The maximum Gasteiger partial charge on any atom is 0 e. The van der Waals surface area contributed by atoms with Crippen LogP contribution in [-0.2, 0) is 32.7 Å². The van der Waals surface area contributed by atoms with Crippen LogP contribution in [0.25, 0.3) is 5.73 Å². The Bertz CT molecular complexity index is 98.5. The zero-order valence-corrected chi connectivity index (χ0v) is 11.6. The number of rotatable bonds is 0. The zero-order valence-electron chi connectivity index (χ0n) is 8.80. The van der Waals surface area contributed by atoms with Crippen LogP contribution in [-0.4, -0.2) is 31.1 Å². The Balaban J connectivity index is 0. The summed E-state index contributed by atoms with van der Waals surface area (Å²) < 4.78 is 0. The maximum absolute atomic E-state index is 7.54. The molecule has 1 fully saturated rings. The SMILES string of the molecule is CC.CC1CN(C)CCC1[NH-].[Y]. The summed E-state index contributed by atoms with van der Waals surface area (Å²) >= 11 is 0. The molecule has 1 aliphatic rings. The number of nitrogens with zero attached hydrogens (tertiary/aromatic N) is 1. The smallest absolute Gasteiger partial charge is 0 e. The van der Waals surface area contributed by atoms with E-state index in [1.807, 2.05) is 13.8 Å². The molecule has 0 spiro atoms. The van der Waals surface area contributed by atoms with Crippen molar-refractivity contribution in [3.8, 4) is 0 Å². The Morgan fingerprint density at radius 1 is 1.33 bits per heavy atom.